The lowest BCUT2D eigenvalue weighted by Crippen LogP contribution is -2.07. The second-order valence-electron chi connectivity index (χ2n) is 3.32. The molecule has 1 saturated heterocycles. The fraction of sp³-hybridized carbons (Fsp3) is 0.364. The van der Waals surface area contributed by atoms with Crippen LogP contribution in [-0.2, 0) is 4.74 Å². The van der Waals surface area contributed by atoms with Crippen molar-refractivity contribution in [2.24, 2.45) is 0 Å². The monoisotopic (exact) mass is 192 g/mol. The van der Waals surface area contributed by atoms with E-state index in [4.69, 9.17) is 9.47 Å². The Hall–Kier alpha value is -1.35. The molecule has 0 bridgehead atoms. The minimum absolute atomic E-state index is 0.0253. The van der Waals surface area contributed by atoms with Gasteiger partial charge in [-0.3, -0.25) is 4.79 Å². The van der Waals surface area contributed by atoms with Gasteiger partial charge in [-0.15, -0.1) is 0 Å². The lowest BCUT2D eigenvalue weighted by Gasteiger charge is -2.07. The molecule has 0 radical (unpaired) electrons. The SMILES string of the molecule is CC(=O)c1ccccc1OC[C@@H]1CO1. The van der Waals surface area contributed by atoms with Crippen molar-refractivity contribution in [3.05, 3.63) is 29.8 Å². The summed E-state index contributed by atoms with van der Waals surface area (Å²) >= 11 is 0. The van der Waals surface area contributed by atoms with E-state index in [1.165, 1.54) is 6.92 Å². The zero-order valence-electron chi connectivity index (χ0n) is 8.03. The van der Waals surface area contributed by atoms with Crippen molar-refractivity contribution >= 4 is 5.78 Å². The highest BCUT2D eigenvalue weighted by molar-refractivity contribution is 5.96. The van der Waals surface area contributed by atoms with E-state index >= 15 is 0 Å². The summed E-state index contributed by atoms with van der Waals surface area (Å²) in [6.07, 6.45) is 0.218. The molecule has 0 spiro atoms. The van der Waals surface area contributed by atoms with Crippen molar-refractivity contribution in [1.29, 1.82) is 0 Å². The van der Waals surface area contributed by atoms with Crippen LogP contribution in [0.15, 0.2) is 24.3 Å². The maximum atomic E-state index is 11.2. The zero-order valence-corrected chi connectivity index (χ0v) is 8.03. The van der Waals surface area contributed by atoms with E-state index in [1.54, 1.807) is 12.1 Å². The number of benzene rings is 1. The molecule has 1 aliphatic heterocycles. The molecular formula is C11H12O3. The molecule has 0 aromatic heterocycles. The molecule has 74 valence electrons. The number of ketones is 1. The van der Waals surface area contributed by atoms with Crippen molar-refractivity contribution in [1.82, 2.24) is 0 Å². The van der Waals surface area contributed by atoms with Gasteiger partial charge >= 0.3 is 0 Å². The van der Waals surface area contributed by atoms with Crippen LogP contribution >= 0.6 is 0 Å². The summed E-state index contributed by atoms with van der Waals surface area (Å²) < 4.78 is 10.5. The van der Waals surface area contributed by atoms with E-state index in [0.717, 1.165) is 6.61 Å². The molecule has 1 aromatic carbocycles. The Kier molecular flexibility index (Phi) is 2.50. The minimum atomic E-state index is 0.0253. The first-order valence-corrected chi connectivity index (χ1v) is 4.62. The Morgan fingerprint density at radius 1 is 1.57 bits per heavy atom. The standard InChI is InChI=1S/C11H12O3/c1-8(12)10-4-2-3-5-11(10)14-7-9-6-13-9/h2-5,9H,6-7H2,1H3/t9-/m0/s1. The molecule has 0 N–H and O–H groups in total. The Balaban J connectivity index is 2.09. The van der Waals surface area contributed by atoms with Crippen LogP contribution in [-0.4, -0.2) is 25.1 Å². The van der Waals surface area contributed by atoms with Crippen molar-refractivity contribution in [2.45, 2.75) is 13.0 Å². The summed E-state index contributed by atoms with van der Waals surface area (Å²) in [6, 6.07) is 7.26. The molecule has 0 unspecified atom stereocenters. The lowest BCUT2D eigenvalue weighted by molar-refractivity contribution is 0.101. The number of para-hydroxylation sites is 1. The summed E-state index contributed by atoms with van der Waals surface area (Å²) in [5, 5.41) is 0. The van der Waals surface area contributed by atoms with Crippen molar-refractivity contribution < 1.29 is 14.3 Å². The van der Waals surface area contributed by atoms with Crippen LogP contribution < -0.4 is 4.74 Å². The van der Waals surface area contributed by atoms with Gasteiger partial charge in [-0.2, -0.15) is 0 Å². The summed E-state index contributed by atoms with van der Waals surface area (Å²) in [7, 11) is 0. The van der Waals surface area contributed by atoms with Gasteiger partial charge < -0.3 is 9.47 Å². The van der Waals surface area contributed by atoms with Gasteiger partial charge in [-0.1, -0.05) is 12.1 Å². The van der Waals surface area contributed by atoms with E-state index in [-0.39, 0.29) is 11.9 Å². The van der Waals surface area contributed by atoms with Crippen LogP contribution in [0, 0.1) is 0 Å². The Bertz CT molecular complexity index is 342. The molecule has 1 aliphatic rings. The second kappa shape index (κ2) is 3.80. The zero-order chi connectivity index (χ0) is 9.97. The number of ether oxygens (including phenoxy) is 2. The average molecular weight is 192 g/mol. The molecule has 3 nitrogen and oxygen atoms in total. The number of carbonyl (C=O) groups is 1. The average Bonchev–Trinajstić information content (AvgIpc) is 2.98. The quantitative estimate of drug-likeness (QED) is 0.538. The van der Waals surface area contributed by atoms with Crippen LogP contribution in [0.2, 0.25) is 0 Å². The summed E-state index contributed by atoms with van der Waals surface area (Å²) in [5.41, 5.74) is 0.633. The van der Waals surface area contributed by atoms with E-state index < -0.39 is 0 Å². The van der Waals surface area contributed by atoms with Crippen molar-refractivity contribution in [3.63, 3.8) is 0 Å². The Labute approximate surface area is 82.6 Å². The topological polar surface area (TPSA) is 38.8 Å². The Morgan fingerprint density at radius 3 is 2.93 bits per heavy atom. The first kappa shape index (κ1) is 9.21. The third-order valence-corrected chi connectivity index (χ3v) is 2.09. The molecule has 1 heterocycles. The number of hydrogen-bond donors (Lipinski definition) is 0. The minimum Gasteiger partial charge on any atom is -0.490 e. The first-order valence-electron chi connectivity index (χ1n) is 4.62. The van der Waals surface area contributed by atoms with Gasteiger partial charge in [0.05, 0.1) is 12.2 Å². The van der Waals surface area contributed by atoms with Gasteiger partial charge in [-0.25, -0.2) is 0 Å². The van der Waals surface area contributed by atoms with Gasteiger partial charge in [0.1, 0.15) is 18.5 Å². The van der Waals surface area contributed by atoms with Crippen LogP contribution in [0.5, 0.6) is 5.75 Å². The van der Waals surface area contributed by atoms with Gasteiger partial charge in [0.25, 0.3) is 0 Å². The van der Waals surface area contributed by atoms with Gasteiger partial charge in [-0.05, 0) is 19.1 Å². The third kappa shape index (κ3) is 2.12. The normalized spacial score (nSPS) is 19.1. The molecule has 1 aromatic rings. The molecule has 1 fully saturated rings. The number of hydrogen-bond acceptors (Lipinski definition) is 3. The maximum Gasteiger partial charge on any atom is 0.163 e. The van der Waals surface area contributed by atoms with Gasteiger partial charge in [0.2, 0.25) is 0 Å². The number of Topliss-reactive ketones (excluding diaryl/α,β-unsaturated/α-hetero) is 1. The van der Waals surface area contributed by atoms with Crippen LogP contribution in [0.25, 0.3) is 0 Å². The molecule has 0 saturated carbocycles. The summed E-state index contributed by atoms with van der Waals surface area (Å²) in [4.78, 5) is 11.2. The second-order valence-corrected chi connectivity index (χ2v) is 3.32. The third-order valence-electron chi connectivity index (χ3n) is 2.09. The highest BCUT2D eigenvalue weighted by atomic mass is 16.6. The molecule has 0 aliphatic carbocycles. The van der Waals surface area contributed by atoms with Crippen molar-refractivity contribution in [3.8, 4) is 5.75 Å². The van der Waals surface area contributed by atoms with E-state index in [9.17, 15) is 4.79 Å². The predicted molar refractivity (Wildman–Crippen MR) is 51.7 cm³/mol. The smallest absolute Gasteiger partial charge is 0.163 e. The molecule has 3 heteroatoms. The molecule has 1 atom stereocenters. The van der Waals surface area contributed by atoms with Crippen molar-refractivity contribution in [2.75, 3.05) is 13.2 Å². The molecule has 2 rings (SSSR count). The van der Waals surface area contributed by atoms with E-state index in [2.05, 4.69) is 0 Å². The summed E-state index contributed by atoms with van der Waals surface area (Å²) in [5.74, 6) is 0.674. The highest BCUT2D eigenvalue weighted by Gasteiger charge is 2.23. The van der Waals surface area contributed by atoms with Crippen LogP contribution in [0.1, 0.15) is 17.3 Å². The fourth-order valence-electron chi connectivity index (χ4n) is 1.23. The molecular weight excluding hydrogens is 180 g/mol. The molecule has 0 amide bonds. The van der Waals surface area contributed by atoms with Crippen LogP contribution in [0.3, 0.4) is 0 Å². The fourth-order valence-corrected chi connectivity index (χ4v) is 1.23. The van der Waals surface area contributed by atoms with Crippen LogP contribution in [0.4, 0.5) is 0 Å². The highest BCUT2D eigenvalue weighted by Crippen LogP contribution is 2.20. The number of rotatable bonds is 4. The van der Waals surface area contributed by atoms with E-state index in [1.807, 2.05) is 12.1 Å². The lowest BCUT2D eigenvalue weighted by atomic mass is 10.1. The molecule has 14 heavy (non-hydrogen) atoms. The largest absolute Gasteiger partial charge is 0.490 e. The maximum absolute atomic E-state index is 11.2. The van der Waals surface area contributed by atoms with Gasteiger partial charge in [0, 0.05) is 0 Å². The number of carbonyl (C=O) groups excluding carboxylic acids is 1. The Morgan fingerprint density at radius 2 is 2.29 bits per heavy atom. The van der Waals surface area contributed by atoms with E-state index in [0.29, 0.717) is 17.9 Å². The number of epoxide rings is 1. The van der Waals surface area contributed by atoms with Gasteiger partial charge in [0.15, 0.2) is 5.78 Å². The summed E-state index contributed by atoms with van der Waals surface area (Å²) in [6.45, 7) is 2.84. The first-order chi connectivity index (χ1) is 6.77. The predicted octanol–water partition coefficient (Wildman–Crippen LogP) is 1.67.